The molecule has 0 fully saturated rings. The highest BCUT2D eigenvalue weighted by atomic mass is 16.6. The highest BCUT2D eigenvalue weighted by molar-refractivity contribution is 6.05. The molecule has 0 atom stereocenters. The number of aryl methyl sites for hydroxylation is 1. The van der Waals surface area contributed by atoms with Crippen LogP contribution >= 0.6 is 0 Å². The normalized spacial score (nSPS) is 13.4. The fourth-order valence-corrected chi connectivity index (χ4v) is 3.31. The molecule has 0 aliphatic carbocycles. The van der Waals surface area contributed by atoms with E-state index in [2.05, 4.69) is 10.4 Å². The molecule has 144 valence electrons. The summed E-state index contributed by atoms with van der Waals surface area (Å²) >= 11 is 0. The second kappa shape index (κ2) is 6.67. The van der Waals surface area contributed by atoms with Crippen molar-refractivity contribution in [2.45, 2.75) is 19.4 Å². The molecule has 0 saturated carbocycles. The van der Waals surface area contributed by atoms with Crippen molar-refractivity contribution < 1.29 is 14.3 Å². The Morgan fingerprint density at radius 1 is 1.07 bits per heavy atom. The van der Waals surface area contributed by atoms with Crippen LogP contribution in [-0.4, -0.2) is 28.9 Å². The van der Waals surface area contributed by atoms with Gasteiger partial charge >= 0.3 is 0 Å². The van der Waals surface area contributed by atoms with E-state index in [0.29, 0.717) is 35.5 Å². The second-order valence-corrected chi connectivity index (χ2v) is 7.26. The van der Waals surface area contributed by atoms with Crippen LogP contribution in [0.15, 0.2) is 47.3 Å². The summed E-state index contributed by atoms with van der Waals surface area (Å²) in [5.41, 5.74) is 0.158. The van der Waals surface area contributed by atoms with Gasteiger partial charge in [0.15, 0.2) is 17.2 Å². The number of fused-ring (bicyclic) bond motifs is 2. The molecule has 4 rings (SSSR count). The summed E-state index contributed by atoms with van der Waals surface area (Å²) < 4.78 is 12.4. The van der Waals surface area contributed by atoms with Crippen molar-refractivity contribution in [3.05, 3.63) is 64.1 Å². The summed E-state index contributed by atoms with van der Waals surface area (Å²) in [7, 11) is 1.54. The molecule has 3 aromatic rings. The van der Waals surface area contributed by atoms with Crippen molar-refractivity contribution in [1.29, 1.82) is 0 Å². The number of hydrogen-bond acceptors (Lipinski definition) is 5. The van der Waals surface area contributed by atoms with Crippen molar-refractivity contribution in [3.63, 3.8) is 0 Å². The molecular formula is C21H21N3O4. The fourth-order valence-electron chi connectivity index (χ4n) is 3.31. The Morgan fingerprint density at radius 2 is 1.75 bits per heavy atom. The van der Waals surface area contributed by atoms with E-state index in [1.165, 1.54) is 11.7 Å². The number of hydrogen-bond donors (Lipinski definition) is 1. The van der Waals surface area contributed by atoms with Crippen molar-refractivity contribution in [2.75, 3.05) is 13.2 Å². The number of aromatic nitrogens is 2. The standard InChI is InChI=1S/C21H21N3O4/c1-21(2,13-8-9-16-17(12-13)28-11-10-27-16)22-19(25)18-14-6-4-5-7-15(14)20(26)24(3)23-18/h4-9,12H,10-11H2,1-3H3,(H,22,25). The van der Waals surface area contributed by atoms with Crippen LogP contribution in [0, 0.1) is 0 Å². The zero-order valence-corrected chi connectivity index (χ0v) is 16.0. The molecule has 28 heavy (non-hydrogen) atoms. The lowest BCUT2D eigenvalue weighted by atomic mass is 9.93. The van der Waals surface area contributed by atoms with Crippen LogP contribution in [-0.2, 0) is 12.6 Å². The molecular weight excluding hydrogens is 358 g/mol. The van der Waals surface area contributed by atoms with Gasteiger partial charge in [0.05, 0.1) is 10.9 Å². The van der Waals surface area contributed by atoms with Crippen LogP contribution in [0.25, 0.3) is 10.8 Å². The smallest absolute Gasteiger partial charge is 0.274 e. The Labute approximate surface area is 161 Å². The van der Waals surface area contributed by atoms with Gasteiger partial charge in [-0.15, -0.1) is 0 Å². The van der Waals surface area contributed by atoms with Gasteiger partial charge in [-0.1, -0.05) is 24.3 Å². The van der Waals surface area contributed by atoms with Gasteiger partial charge in [-0.2, -0.15) is 5.10 Å². The van der Waals surface area contributed by atoms with Crippen molar-refractivity contribution in [1.82, 2.24) is 15.1 Å². The maximum absolute atomic E-state index is 13.1. The maximum atomic E-state index is 13.1. The van der Waals surface area contributed by atoms with E-state index in [4.69, 9.17) is 9.47 Å². The van der Waals surface area contributed by atoms with Gasteiger partial charge in [0.1, 0.15) is 13.2 Å². The van der Waals surface area contributed by atoms with Crippen LogP contribution in [0.3, 0.4) is 0 Å². The largest absolute Gasteiger partial charge is 0.486 e. The first-order valence-corrected chi connectivity index (χ1v) is 9.05. The Balaban J connectivity index is 1.69. The van der Waals surface area contributed by atoms with E-state index in [-0.39, 0.29) is 17.2 Å². The molecule has 0 saturated heterocycles. The van der Waals surface area contributed by atoms with E-state index >= 15 is 0 Å². The lowest BCUT2D eigenvalue weighted by Crippen LogP contribution is -2.42. The molecule has 7 nitrogen and oxygen atoms in total. The number of nitrogens with zero attached hydrogens (tertiary/aromatic N) is 2. The maximum Gasteiger partial charge on any atom is 0.274 e. The van der Waals surface area contributed by atoms with Gasteiger partial charge in [0.25, 0.3) is 11.5 Å². The molecule has 7 heteroatoms. The fraction of sp³-hybridized carbons (Fsp3) is 0.286. The minimum absolute atomic E-state index is 0.211. The molecule has 0 spiro atoms. The second-order valence-electron chi connectivity index (χ2n) is 7.26. The van der Waals surface area contributed by atoms with E-state index < -0.39 is 5.54 Å². The molecule has 0 radical (unpaired) electrons. The van der Waals surface area contributed by atoms with Gasteiger partial charge in [0, 0.05) is 12.4 Å². The molecule has 1 N–H and O–H groups in total. The van der Waals surface area contributed by atoms with Crippen molar-refractivity contribution in [3.8, 4) is 11.5 Å². The Bertz CT molecular complexity index is 1130. The minimum Gasteiger partial charge on any atom is -0.486 e. The Morgan fingerprint density at radius 3 is 2.50 bits per heavy atom. The summed E-state index contributed by atoms with van der Waals surface area (Å²) in [6.07, 6.45) is 0. The predicted octanol–water partition coefficient (Wildman–Crippen LogP) is 2.37. The van der Waals surface area contributed by atoms with Gasteiger partial charge in [-0.25, -0.2) is 4.68 Å². The van der Waals surface area contributed by atoms with Crippen LogP contribution in [0.2, 0.25) is 0 Å². The Kier molecular flexibility index (Phi) is 4.30. The average molecular weight is 379 g/mol. The summed E-state index contributed by atoms with van der Waals surface area (Å²) in [4.78, 5) is 25.3. The average Bonchev–Trinajstić information content (AvgIpc) is 2.70. The third kappa shape index (κ3) is 3.09. The highest BCUT2D eigenvalue weighted by Gasteiger charge is 2.27. The first-order chi connectivity index (χ1) is 13.4. The van der Waals surface area contributed by atoms with Crippen LogP contribution < -0.4 is 20.3 Å². The topological polar surface area (TPSA) is 82.5 Å². The molecule has 1 aliphatic heterocycles. The highest BCUT2D eigenvalue weighted by Crippen LogP contribution is 2.34. The summed E-state index contributed by atoms with van der Waals surface area (Å²) in [5, 5.41) is 8.21. The minimum atomic E-state index is -0.690. The molecule has 2 aromatic carbocycles. The van der Waals surface area contributed by atoms with Crippen LogP contribution in [0.4, 0.5) is 0 Å². The zero-order valence-electron chi connectivity index (χ0n) is 16.0. The van der Waals surface area contributed by atoms with E-state index in [1.807, 2.05) is 32.0 Å². The molecule has 1 amide bonds. The number of benzene rings is 2. The lowest BCUT2D eigenvalue weighted by Gasteiger charge is -2.28. The summed E-state index contributed by atoms with van der Waals surface area (Å²) in [6, 6.07) is 12.6. The predicted molar refractivity (Wildman–Crippen MR) is 105 cm³/mol. The van der Waals surface area contributed by atoms with E-state index in [0.717, 1.165) is 5.56 Å². The number of rotatable bonds is 3. The van der Waals surface area contributed by atoms with Crippen molar-refractivity contribution >= 4 is 16.7 Å². The molecule has 0 unspecified atom stereocenters. The number of amides is 1. The van der Waals surface area contributed by atoms with E-state index in [1.54, 1.807) is 24.3 Å². The Hall–Kier alpha value is -3.35. The van der Waals surface area contributed by atoms with E-state index in [9.17, 15) is 9.59 Å². The monoisotopic (exact) mass is 379 g/mol. The van der Waals surface area contributed by atoms with Crippen LogP contribution in [0.1, 0.15) is 29.9 Å². The SMILES string of the molecule is Cn1nc(C(=O)NC(C)(C)c2ccc3c(c2)OCCO3)c2ccccc2c1=O. The first-order valence-electron chi connectivity index (χ1n) is 9.05. The van der Waals surface area contributed by atoms with Gasteiger partial charge in [-0.3, -0.25) is 9.59 Å². The third-order valence-corrected chi connectivity index (χ3v) is 4.86. The molecule has 2 heterocycles. The number of carbonyl (C=O) groups excluding carboxylic acids is 1. The van der Waals surface area contributed by atoms with Gasteiger partial charge < -0.3 is 14.8 Å². The number of ether oxygens (including phenoxy) is 2. The first kappa shape index (κ1) is 18.0. The van der Waals surface area contributed by atoms with Gasteiger partial charge in [0.2, 0.25) is 0 Å². The van der Waals surface area contributed by atoms with Gasteiger partial charge in [-0.05, 0) is 37.6 Å². The summed E-state index contributed by atoms with van der Waals surface area (Å²) in [6.45, 7) is 4.83. The third-order valence-electron chi connectivity index (χ3n) is 4.86. The zero-order chi connectivity index (χ0) is 19.9. The lowest BCUT2D eigenvalue weighted by molar-refractivity contribution is 0.0906. The molecule has 0 bridgehead atoms. The molecule has 1 aliphatic rings. The summed E-state index contributed by atoms with van der Waals surface area (Å²) in [5.74, 6) is 1.01. The quantitative estimate of drug-likeness (QED) is 0.756. The number of carbonyl (C=O) groups is 1. The molecule has 1 aromatic heterocycles. The van der Waals surface area contributed by atoms with Crippen molar-refractivity contribution in [2.24, 2.45) is 7.05 Å². The van der Waals surface area contributed by atoms with Crippen LogP contribution in [0.5, 0.6) is 11.5 Å². The number of nitrogens with one attached hydrogen (secondary N) is 1.